The van der Waals surface area contributed by atoms with Crippen molar-refractivity contribution < 1.29 is 14.3 Å². The Labute approximate surface area is 130 Å². The zero-order valence-corrected chi connectivity index (χ0v) is 13.7. The van der Waals surface area contributed by atoms with Gasteiger partial charge >= 0.3 is 5.97 Å². The molecule has 1 saturated heterocycles. The third kappa shape index (κ3) is 3.46. The second kappa shape index (κ2) is 6.60. The molecule has 1 aliphatic rings. The van der Waals surface area contributed by atoms with E-state index >= 15 is 0 Å². The Hall–Kier alpha value is -1.36. The lowest BCUT2D eigenvalue weighted by atomic mass is 9.87. The van der Waals surface area contributed by atoms with Gasteiger partial charge in [0, 0.05) is 18.0 Å². The number of hydrogen-bond donors (Lipinski definition) is 0. The Kier molecular flexibility index (Phi) is 5.04. The SMILES string of the molecule is CCOC(=O)C1CCCN(C(=O)C(C)(C)c2cccs2)C1. The molecule has 0 spiro atoms. The van der Waals surface area contributed by atoms with Gasteiger partial charge in [0.2, 0.25) is 5.91 Å². The third-order valence-electron chi connectivity index (χ3n) is 4.00. The molecular weight excluding hydrogens is 286 g/mol. The van der Waals surface area contributed by atoms with E-state index in [4.69, 9.17) is 4.74 Å². The van der Waals surface area contributed by atoms with Crippen molar-refractivity contribution in [1.29, 1.82) is 0 Å². The molecule has 1 aliphatic heterocycles. The molecule has 0 aliphatic carbocycles. The van der Waals surface area contributed by atoms with Crippen LogP contribution < -0.4 is 0 Å². The molecule has 1 aromatic heterocycles. The Morgan fingerprint density at radius 3 is 2.86 bits per heavy atom. The molecule has 1 atom stereocenters. The molecule has 21 heavy (non-hydrogen) atoms. The Balaban J connectivity index is 2.07. The monoisotopic (exact) mass is 309 g/mol. The Morgan fingerprint density at radius 1 is 1.48 bits per heavy atom. The fourth-order valence-electron chi connectivity index (χ4n) is 2.75. The van der Waals surface area contributed by atoms with E-state index in [1.54, 1.807) is 11.3 Å². The maximum absolute atomic E-state index is 12.8. The lowest BCUT2D eigenvalue weighted by Crippen LogP contribution is -2.49. The molecule has 116 valence electrons. The number of amides is 1. The second-order valence-electron chi connectivity index (χ2n) is 5.94. The summed E-state index contributed by atoms with van der Waals surface area (Å²) in [4.78, 5) is 27.6. The van der Waals surface area contributed by atoms with Crippen LogP contribution in [0.5, 0.6) is 0 Å². The van der Waals surface area contributed by atoms with Gasteiger partial charge in [-0.3, -0.25) is 9.59 Å². The number of nitrogens with zero attached hydrogens (tertiary/aromatic N) is 1. The Morgan fingerprint density at radius 2 is 2.24 bits per heavy atom. The Bertz CT molecular complexity index is 496. The van der Waals surface area contributed by atoms with Crippen LogP contribution in [-0.4, -0.2) is 36.5 Å². The fraction of sp³-hybridized carbons (Fsp3) is 0.625. The van der Waals surface area contributed by atoms with Crippen molar-refractivity contribution in [3.8, 4) is 0 Å². The van der Waals surface area contributed by atoms with Crippen molar-refractivity contribution in [2.24, 2.45) is 5.92 Å². The van der Waals surface area contributed by atoms with Gasteiger partial charge in [-0.2, -0.15) is 0 Å². The predicted octanol–water partition coefficient (Wildman–Crippen LogP) is 2.83. The smallest absolute Gasteiger partial charge is 0.310 e. The summed E-state index contributed by atoms with van der Waals surface area (Å²) in [5, 5.41) is 1.99. The van der Waals surface area contributed by atoms with E-state index in [9.17, 15) is 9.59 Å². The summed E-state index contributed by atoms with van der Waals surface area (Å²) in [7, 11) is 0. The topological polar surface area (TPSA) is 46.6 Å². The highest BCUT2D eigenvalue weighted by molar-refractivity contribution is 7.10. The van der Waals surface area contributed by atoms with Crippen LogP contribution in [0.3, 0.4) is 0 Å². The fourth-order valence-corrected chi connectivity index (χ4v) is 3.59. The van der Waals surface area contributed by atoms with E-state index in [1.807, 2.05) is 43.2 Å². The molecule has 0 N–H and O–H groups in total. The molecule has 0 bridgehead atoms. The number of carbonyl (C=O) groups excluding carboxylic acids is 2. The van der Waals surface area contributed by atoms with Crippen molar-refractivity contribution in [2.45, 2.75) is 39.0 Å². The molecule has 4 nitrogen and oxygen atoms in total. The first-order chi connectivity index (χ1) is 9.96. The minimum absolute atomic E-state index is 0.0962. The molecule has 2 heterocycles. The van der Waals surface area contributed by atoms with Crippen LogP contribution in [0, 0.1) is 5.92 Å². The highest BCUT2D eigenvalue weighted by Crippen LogP contribution is 2.31. The molecule has 5 heteroatoms. The quantitative estimate of drug-likeness (QED) is 0.804. The first-order valence-corrected chi connectivity index (χ1v) is 8.34. The summed E-state index contributed by atoms with van der Waals surface area (Å²) < 4.78 is 5.09. The number of hydrogen-bond acceptors (Lipinski definition) is 4. The highest BCUT2D eigenvalue weighted by atomic mass is 32.1. The standard InChI is InChI=1S/C16H23NO3S/c1-4-20-14(18)12-7-5-9-17(11-12)15(19)16(2,3)13-8-6-10-21-13/h6,8,10,12H,4-5,7,9,11H2,1-3H3. The first-order valence-electron chi connectivity index (χ1n) is 7.46. The minimum Gasteiger partial charge on any atom is -0.466 e. The number of carbonyl (C=O) groups is 2. The van der Waals surface area contributed by atoms with E-state index in [-0.39, 0.29) is 17.8 Å². The number of likely N-dealkylation sites (tertiary alicyclic amines) is 1. The molecule has 0 aromatic carbocycles. The van der Waals surface area contributed by atoms with Gasteiger partial charge < -0.3 is 9.64 Å². The van der Waals surface area contributed by atoms with Crippen LogP contribution in [0.2, 0.25) is 0 Å². The third-order valence-corrected chi connectivity index (χ3v) is 5.19. The molecular formula is C16H23NO3S. The summed E-state index contributed by atoms with van der Waals surface area (Å²) in [6, 6.07) is 3.96. The largest absolute Gasteiger partial charge is 0.466 e. The predicted molar refractivity (Wildman–Crippen MR) is 83.3 cm³/mol. The number of piperidine rings is 1. The molecule has 1 aromatic rings. The van der Waals surface area contributed by atoms with Crippen molar-refractivity contribution in [1.82, 2.24) is 4.90 Å². The molecule has 0 radical (unpaired) electrons. The maximum atomic E-state index is 12.8. The van der Waals surface area contributed by atoms with Gasteiger partial charge in [0.05, 0.1) is 17.9 Å². The van der Waals surface area contributed by atoms with Gasteiger partial charge in [0.15, 0.2) is 0 Å². The number of thiophene rings is 1. The minimum atomic E-state index is -0.537. The van der Waals surface area contributed by atoms with Crippen LogP contribution in [0.1, 0.15) is 38.5 Å². The van der Waals surface area contributed by atoms with Gasteiger partial charge in [0.1, 0.15) is 0 Å². The van der Waals surface area contributed by atoms with Gasteiger partial charge in [0.25, 0.3) is 0 Å². The number of esters is 1. The molecule has 0 saturated carbocycles. The van der Waals surface area contributed by atoms with E-state index in [0.717, 1.165) is 24.3 Å². The number of rotatable bonds is 4. The van der Waals surface area contributed by atoms with Crippen molar-refractivity contribution in [3.05, 3.63) is 22.4 Å². The number of ether oxygens (including phenoxy) is 1. The van der Waals surface area contributed by atoms with Crippen LogP contribution in [0.15, 0.2) is 17.5 Å². The zero-order valence-electron chi connectivity index (χ0n) is 12.9. The average molecular weight is 309 g/mol. The molecule has 1 unspecified atom stereocenters. The molecule has 1 fully saturated rings. The summed E-state index contributed by atoms with van der Waals surface area (Å²) in [5.41, 5.74) is -0.537. The van der Waals surface area contributed by atoms with Crippen molar-refractivity contribution in [3.63, 3.8) is 0 Å². The molecule has 2 rings (SSSR count). The summed E-state index contributed by atoms with van der Waals surface area (Å²) in [5.74, 6) is -0.260. The normalized spacial score (nSPS) is 19.4. The lowest BCUT2D eigenvalue weighted by molar-refractivity contribution is -0.152. The maximum Gasteiger partial charge on any atom is 0.310 e. The van der Waals surface area contributed by atoms with Gasteiger partial charge in [-0.15, -0.1) is 11.3 Å². The van der Waals surface area contributed by atoms with Crippen LogP contribution in [0.25, 0.3) is 0 Å². The van der Waals surface area contributed by atoms with Gasteiger partial charge in [-0.25, -0.2) is 0 Å². The van der Waals surface area contributed by atoms with Gasteiger partial charge in [-0.1, -0.05) is 6.07 Å². The summed E-state index contributed by atoms with van der Waals surface area (Å²) >= 11 is 1.60. The zero-order chi connectivity index (χ0) is 15.5. The summed E-state index contributed by atoms with van der Waals surface area (Å²) in [6.07, 6.45) is 1.66. The van der Waals surface area contributed by atoms with E-state index in [1.165, 1.54) is 0 Å². The van der Waals surface area contributed by atoms with E-state index in [0.29, 0.717) is 13.2 Å². The average Bonchev–Trinajstić information content (AvgIpc) is 3.02. The van der Waals surface area contributed by atoms with Gasteiger partial charge in [-0.05, 0) is 45.1 Å². The van der Waals surface area contributed by atoms with Crippen LogP contribution in [0.4, 0.5) is 0 Å². The second-order valence-corrected chi connectivity index (χ2v) is 6.89. The van der Waals surface area contributed by atoms with Crippen LogP contribution >= 0.6 is 11.3 Å². The highest BCUT2D eigenvalue weighted by Gasteiger charge is 2.38. The lowest BCUT2D eigenvalue weighted by Gasteiger charge is -2.36. The van der Waals surface area contributed by atoms with Crippen molar-refractivity contribution in [2.75, 3.05) is 19.7 Å². The van der Waals surface area contributed by atoms with E-state index in [2.05, 4.69) is 0 Å². The van der Waals surface area contributed by atoms with E-state index < -0.39 is 5.41 Å². The van der Waals surface area contributed by atoms with Crippen molar-refractivity contribution >= 4 is 23.2 Å². The van der Waals surface area contributed by atoms with Crippen LogP contribution in [-0.2, 0) is 19.7 Å². The first kappa shape index (κ1) is 16.0. The molecule has 1 amide bonds. The summed E-state index contributed by atoms with van der Waals surface area (Å²) in [6.45, 7) is 7.31.